The Labute approximate surface area is 314 Å². The molecule has 0 radical (unpaired) electrons. The number of ether oxygens (including phenoxy) is 2. The van der Waals surface area contributed by atoms with Gasteiger partial charge in [-0.25, -0.2) is 0 Å². The van der Waals surface area contributed by atoms with Crippen molar-refractivity contribution >= 4 is 19.8 Å². The van der Waals surface area contributed by atoms with E-state index in [4.69, 9.17) is 18.5 Å². The lowest BCUT2D eigenvalue weighted by Gasteiger charge is -2.28. The Morgan fingerprint density at radius 2 is 1.00 bits per heavy atom. The molecule has 0 saturated carbocycles. The number of phosphoric ester groups is 1. The van der Waals surface area contributed by atoms with Gasteiger partial charge in [0.15, 0.2) is 6.10 Å². The van der Waals surface area contributed by atoms with Crippen molar-refractivity contribution in [2.24, 2.45) is 0 Å². The van der Waals surface area contributed by atoms with E-state index in [1.54, 1.807) is 0 Å². The molecule has 0 aromatic carbocycles. The van der Waals surface area contributed by atoms with Crippen molar-refractivity contribution in [1.29, 1.82) is 0 Å². The van der Waals surface area contributed by atoms with Gasteiger partial charge in [0.05, 0.1) is 27.7 Å². The number of allylic oxidation sites excluding steroid dienone is 2. The summed E-state index contributed by atoms with van der Waals surface area (Å²) < 4.78 is 33.8. The van der Waals surface area contributed by atoms with Crippen molar-refractivity contribution in [3.63, 3.8) is 0 Å². The van der Waals surface area contributed by atoms with Crippen LogP contribution in [0.2, 0.25) is 0 Å². The van der Waals surface area contributed by atoms with Crippen molar-refractivity contribution in [1.82, 2.24) is 0 Å². The minimum Gasteiger partial charge on any atom is -0.756 e. The zero-order chi connectivity index (χ0) is 37.9. The second-order valence-corrected chi connectivity index (χ2v) is 16.8. The van der Waals surface area contributed by atoms with E-state index in [9.17, 15) is 19.0 Å². The number of phosphoric acid groups is 1. The topological polar surface area (TPSA) is 111 Å². The summed E-state index contributed by atoms with van der Waals surface area (Å²) in [5.41, 5.74) is 0. The molecule has 0 saturated heterocycles. The van der Waals surface area contributed by atoms with E-state index < -0.39 is 26.5 Å². The zero-order valence-corrected chi connectivity index (χ0v) is 34.7. The molecule has 0 bridgehead atoms. The molecule has 0 aromatic rings. The van der Waals surface area contributed by atoms with Crippen molar-refractivity contribution in [2.75, 3.05) is 47.5 Å². The average Bonchev–Trinajstić information content (AvgIpc) is 3.07. The van der Waals surface area contributed by atoms with Crippen molar-refractivity contribution in [3.8, 4) is 0 Å². The Morgan fingerprint density at radius 1 is 0.588 bits per heavy atom. The van der Waals surface area contributed by atoms with Crippen molar-refractivity contribution in [3.05, 3.63) is 12.2 Å². The lowest BCUT2D eigenvalue weighted by Crippen LogP contribution is -2.37. The highest BCUT2D eigenvalue weighted by Crippen LogP contribution is 2.38. The number of likely N-dealkylation sites (N-methyl/N-ethyl adjacent to an activating group) is 1. The van der Waals surface area contributed by atoms with Gasteiger partial charge < -0.3 is 27.9 Å². The molecular weight excluding hydrogens is 665 g/mol. The fraction of sp³-hybridized carbons (Fsp3) is 0.902. The van der Waals surface area contributed by atoms with E-state index in [0.717, 1.165) is 51.4 Å². The highest BCUT2D eigenvalue weighted by Gasteiger charge is 2.21. The van der Waals surface area contributed by atoms with Crippen molar-refractivity contribution in [2.45, 2.75) is 193 Å². The predicted octanol–water partition coefficient (Wildman–Crippen LogP) is 10.8. The Bertz CT molecular complexity index is 891. The highest BCUT2D eigenvalue weighted by molar-refractivity contribution is 7.45. The molecule has 51 heavy (non-hydrogen) atoms. The van der Waals surface area contributed by atoms with Crippen LogP contribution in [0.15, 0.2) is 12.2 Å². The first-order valence-electron chi connectivity index (χ1n) is 20.9. The van der Waals surface area contributed by atoms with E-state index in [2.05, 4.69) is 26.0 Å². The summed E-state index contributed by atoms with van der Waals surface area (Å²) in [5.74, 6) is -0.835. The summed E-state index contributed by atoms with van der Waals surface area (Å²) in [6.45, 7) is 4.21. The number of carbonyl (C=O) groups is 2. The summed E-state index contributed by atoms with van der Waals surface area (Å²) in [7, 11) is 1.17. The Hall–Kier alpha value is -1.25. The number of hydrogen-bond donors (Lipinski definition) is 0. The van der Waals surface area contributed by atoms with E-state index >= 15 is 0 Å². The minimum absolute atomic E-state index is 0.0286. The Balaban J connectivity index is 4.32. The van der Waals surface area contributed by atoms with E-state index in [0.29, 0.717) is 17.4 Å². The first kappa shape index (κ1) is 49.8. The maximum atomic E-state index is 12.6. The molecule has 1 unspecified atom stereocenters. The number of rotatable bonds is 38. The second kappa shape index (κ2) is 34.5. The number of hydrogen-bond acceptors (Lipinski definition) is 8. The van der Waals surface area contributed by atoms with Crippen LogP contribution in [0, 0.1) is 0 Å². The van der Waals surface area contributed by atoms with Gasteiger partial charge in [0.2, 0.25) is 0 Å². The smallest absolute Gasteiger partial charge is 0.306 e. The van der Waals surface area contributed by atoms with Gasteiger partial charge in [-0.3, -0.25) is 14.2 Å². The summed E-state index contributed by atoms with van der Waals surface area (Å²) in [6, 6.07) is 0. The SMILES string of the molecule is CCCCCCCC/C=C\CCCCCCCCCC(=O)OC[C@H](COP(=O)([O-])OCC[N+](C)(C)C)OC(=O)CCCCCCCCCCCC. The quantitative estimate of drug-likeness (QED) is 0.0202. The van der Waals surface area contributed by atoms with Gasteiger partial charge in [-0.2, -0.15) is 0 Å². The van der Waals surface area contributed by atoms with Gasteiger partial charge >= 0.3 is 11.9 Å². The van der Waals surface area contributed by atoms with Crippen LogP contribution in [0.1, 0.15) is 187 Å². The normalized spacial score (nSPS) is 13.8. The Morgan fingerprint density at radius 3 is 1.45 bits per heavy atom. The molecule has 0 aliphatic rings. The van der Waals surface area contributed by atoms with E-state index in [1.165, 1.54) is 103 Å². The van der Waals surface area contributed by atoms with Crippen molar-refractivity contribution < 1.29 is 42.1 Å². The molecule has 0 amide bonds. The lowest BCUT2D eigenvalue weighted by molar-refractivity contribution is -0.870. The molecule has 0 aliphatic heterocycles. The maximum Gasteiger partial charge on any atom is 0.306 e. The monoisotopic (exact) mass is 746 g/mol. The van der Waals surface area contributed by atoms with E-state index in [-0.39, 0.29) is 32.0 Å². The number of esters is 2. The fourth-order valence-electron chi connectivity index (χ4n) is 5.71. The van der Waals surface area contributed by atoms with Gasteiger partial charge in [0.1, 0.15) is 19.8 Å². The predicted molar refractivity (Wildman–Crippen MR) is 208 cm³/mol. The molecule has 302 valence electrons. The third kappa shape index (κ3) is 38.3. The Kier molecular flexibility index (Phi) is 33.7. The zero-order valence-electron chi connectivity index (χ0n) is 33.8. The summed E-state index contributed by atoms with van der Waals surface area (Å²) in [5, 5.41) is 0. The molecule has 0 spiro atoms. The fourth-order valence-corrected chi connectivity index (χ4v) is 6.44. The van der Waals surface area contributed by atoms with Crippen LogP contribution in [0.4, 0.5) is 0 Å². The van der Waals surface area contributed by atoms with Gasteiger partial charge in [-0.1, -0.05) is 148 Å². The molecule has 2 atom stereocenters. The summed E-state index contributed by atoms with van der Waals surface area (Å²) >= 11 is 0. The second-order valence-electron chi connectivity index (χ2n) is 15.4. The van der Waals surface area contributed by atoms with Gasteiger partial charge in [-0.15, -0.1) is 0 Å². The molecule has 10 heteroatoms. The van der Waals surface area contributed by atoms with Gasteiger partial charge in [0.25, 0.3) is 7.82 Å². The van der Waals surface area contributed by atoms with Gasteiger partial charge in [0, 0.05) is 12.8 Å². The average molecular weight is 746 g/mol. The maximum absolute atomic E-state index is 12.6. The van der Waals surface area contributed by atoms with Crippen LogP contribution < -0.4 is 4.89 Å². The number of carbonyl (C=O) groups excluding carboxylic acids is 2. The first-order chi connectivity index (χ1) is 24.5. The largest absolute Gasteiger partial charge is 0.756 e. The van der Waals surface area contributed by atoms with Crippen LogP contribution >= 0.6 is 7.82 Å². The van der Waals surface area contributed by atoms with E-state index in [1.807, 2.05) is 21.1 Å². The minimum atomic E-state index is -4.61. The van der Waals surface area contributed by atoms with Crippen LogP contribution in [-0.4, -0.2) is 70.0 Å². The third-order valence-corrected chi connectivity index (χ3v) is 10.00. The molecule has 0 heterocycles. The van der Waals surface area contributed by atoms with Crippen LogP contribution in [0.3, 0.4) is 0 Å². The number of nitrogens with zero attached hydrogens (tertiary/aromatic N) is 1. The summed E-state index contributed by atoms with van der Waals surface area (Å²) in [6.07, 6.45) is 33.8. The van der Waals surface area contributed by atoms with Crippen LogP contribution in [0.5, 0.6) is 0 Å². The van der Waals surface area contributed by atoms with Crippen LogP contribution in [0.25, 0.3) is 0 Å². The standard InChI is InChI=1S/C41H80NO8P/c1-6-8-10-12-14-16-18-19-20-21-22-23-24-26-27-29-31-33-40(43)47-37-39(38-49-51(45,46)48-36-35-42(3,4)5)50-41(44)34-32-30-28-25-17-15-13-11-9-7-2/h19-20,39H,6-18,21-38H2,1-5H3/b20-19-/t39-/m1/s1. The van der Waals surface area contributed by atoms with Gasteiger partial charge in [-0.05, 0) is 38.5 Å². The molecule has 0 fully saturated rings. The third-order valence-electron chi connectivity index (χ3n) is 9.04. The molecule has 0 rings (SSSR count). The highest BCUT2D eigenvalue weighted by atomic mass is 31.2. The summed E-state index contributed by atoms with van der Waals surface area (Å²) in [4.78, 5) is 37.4. The molecule has 0 aromatic heterocycles. The molecule has 9 nitrogen and oxygen atoms in total. The molecular formula is C41H80NO8P. The van der Waals surface area contributed by atoms with Crippen LogP contribution in [-0.2, 0) is 32.7 Å². The first-order valence-corrected chi connectivity index (χ1v) is 22.4. The molecule has 0 aliphatic carbocycles. The number of unbranched alkanes of at least 4 members (excludes halogenated alkanes) is 22. The number of quaternary nitrogens is 1. The lowest BCUT2D eigenvalue weighted by atomic mass is 10.1. The molecule has 0 N–H and O–H groups in total.